The summed E-state index contributed by atoms with van der Waals surface area (Å²) in [7, 11) is 0. The lowest BCUT2D eigenvalue weighted by molar-refractivity contribution is 0.0824. The molecule has 1 aromatic rings. The number of carbonyl (C=O) groups excluding carboxylic acids is 1. The third-order valence-electron chi connectivity index (χ3n) is 4.37. The first-order valence-corrected chi connectivity index (χ1v) is 7.63. The molecule has 114 valence electrons. The summed E-state index contributed by atoms with van der Waals surface area (Å²) < 4.78 is 5.55. The highest BCUT2D eigenvalue weighted by atomic mass is 16.5. The number of nitrogens with zero attached hydrogens (tertiary/aromatic N) is 1. The molecule has 3 rings (SSSR count). The third-order valence-corrected chi connectivity index (χ3v) is 4.37. The van der Waals surface area contributed by atoms with Gasteiger partial charge in [0.05, 0.1) is 24.3 Å². The number of aliphatic hydroxyl groups excluding tert-OH is 1. The lowest BCUT2D eigenvalue weighted by Crippen LogP contribution is -2.50. The van der Waals surface area contributed by atoms with Crippen LogP contribution in [0.1, 0.15) is 43.0 Å². The van der Waals surface area contributed by atoms with E-state index >= 15 is 0 Å². The van der Waals surface area contributed by atoms with Crippen LogP contribution >= 0.6 is 0 Å². The maximum atomic E-state index is 12.2. The van der Waals surface area contributed by atoms with Crippen LogP contribution < -0.4 is 10.1 Å². The number of carbonyl (C=O) groups is 1. The molecule has 0 aromatic carbocycles. The van der Waals surface area contributed by atoms with Crippen molar-refractivity contribution in [3.8, 4) is 5.88 Å². The standard InChI is InChI=1S/C16H22N2O3/c1-16(10-19,13-5-6-13)18-15(20)12-4-7-14(17-8-12)21-9-11-2-3-11/h4,7-8,11,13,19H,2-3,5-6,9-10H2,1H3,(H,18,20). The maximum Gasteiger partial charge on any atom is 0.253 e. The van der Waals surface area contributed by atoms with E-state index in [-0.39, 0.29) is 12.5 Å². The van der Waals surface area contributed by atoms with Gasteiger partial charge in [-0.3, -0.25) is 4.79 Å². The van der Waals surface area contributed by atoms with E-state index in [2.05, 4.69) is 10.3 Å². The molecule has 1 heterocycles. The minimum atomic E-state index is -0.530. The number of aliphatic hydroxyl groups is 1. The van der Waals surface area contributed by atoms with Crippen molar-refractivity contribution in [2.24, 2.45) is 11.8 Å². The van der Waals surface area contributed by atoms with Crippen molar-refractivity contribution in [1.82, 2.24) is 10.3 Å². The monoisotopic (exact) mass is 290 g/mol. The van der Waals surface area contributed by atoms with Crippen LogP contribution in [0.5, 0.6) is 5.88 Å². The fraction of sp³-hybridized carbons (Fsp3) is 0.625. The summed E-state index contributed by atoms with van der Waals surface area (Å²) >= 11 is 0. The summed E-state index contributed by atoms with van der Waals surface area (Å²) in [6.45, 7) is 2.56. The predicted molar refractivity (Wildman–Crippen MR) is 78.1 cm³/mol. The van der Waals surface area contributed by atoms with Crippen molar-refractivity contribution in [3.05, 3.63) is 23.9 Å². The molecule has 2 aliphatic carbocycles. The fourth-order valence-corrected chi connectivity index (χ4v) is 2.41. The van der Waals surface area contributed by atoms with Crippen LogP contribution in [0, 0.1) is 11.8 Å². The van der Waals surface area contributed by atoms with Gasteiger partial charge in [0, 0.05) is 12.3 Å². The van der Waals surface area contributed by atoms with Gasteiger partial charge in [-0.05, 0) is 50.5 Å². The van der Waals surface area contributed by atoms with E-state index in [1.54, 1.807) is 12.1 Å². The predicted octanol–water partition coefficient (Wildman–Crippen LogP) is 1.76. The lowest BCUT2D eigenvalue weighted by atomic mass is 9.96. The average Bonchev–Trinajstić information content (AvgIpc) is 3.38. The van der Waals surface area contributed by atoms with Crippen LogP contribution in [-0.2, 0) is 0 Å². The summed E-state index contributed by atoms with van der Waals surface area (Å²) in [5, 5.41) is 12.4. The average molecular weight is 290 g/mol. The van der Waals surface area contributed by atoms with Crippen LogP contribution in [0.4, 0.5) is 0 Å². The Morgan fingerprint density at radius 3 is 2.71 bits per heavy atom. The Morgan fingerprint density at radius 1 is 1.43 bits per heavy atom. The zero-order chi connectivity index (χ0) is 14.9. The van der Waals surface area contributed by atoms with Crippen molar-refractivity contribution >= 4 is 5.91 Å². The largest absolute Gasteiger partial charge is 0.477 e. The zero-order valence-corrected chi connectivity index (χ0v) is 12.3. The molecule has 2 N–H and O–H groups in total. The number of pyridine rings is 1. The van der Waals surface area contributed by atoms with E-state index in [4.69, 9.17) is 4.74 Å². The Balaban J connectivity index is 1.58. The van der Waals surface area contributed by atoms with E-state index < -0.39 is 5.54 Å². The maximum absolute atomic E-state index is 12.2. The Bertz CT molecular complexity index is 509. The summed E-state index contributed by atoms with van der Waals surface area (Å²) in [5.41, 5.74) is -0.0350. The number of hydrogen-bond donors (Lipinski definition) is 2. The van der Waals surface area contributed by atoms with Crippen LogP contribution in [0.25, 0.3) is 0 Å². The number of nitrogens with one attached hydrogen (secondary N) is 1. The Hall–Kier alpha value is -1.62. The van der Waals surface area contributed by atoms with Gasteiger partial charge in [-0.1, -0.05) is 0 Å². The first kappa shape index (κ1) is 14.3. The van der Waals surface area contributed by atoms with Gasteiger partial charge in [-0.25, -0.2) is 4.98 Å². The molecule has 2 saturated carbocycles. The van der Waals surface area contributed by atoms with Crippen LogP contribution in [0.2, 0.25) is 0 Å². The molecular weight excluding hydrogens is 268 g/mol. The minimum absolute atomic E-state index is 0.0422. The summed E-state index contributed by atoms with van der Waals surface area (Å²) in [6, 6.07) is 3.44. The minimum Gasteiger partial charge on any atom is -0.477 e. The van der Waals surface area contributed by atoms with Gasteiger partial charge in [-0.15, -0.1) is 0 Å². The number of hydrogen-bond acceptors (Lipinski definition) is 4. The first-order valence-electron chi connectivity index (χ1n) is 7.63. The smallest absolute Gasteiger partial charge is 0.253 e. The highest BCUT2D eigenvalue weighted by Gasteiger charge is 2.42. The molecule has 1 amide bonds. The third kappa shape index (κ3) is 3.53. The SMILES string of the molecule is CC(CO)(NC(=O)c1ccc(OCC2CC2)nc1)C1CC1. The Kier molecular flexibility index (Phi) is 3.85. The van der Waals surface area contributed by atoms with Crippen molar-refractivity contribution < 1.29 is 14.6 Å². The topological polar surface area (TPSA) is 71.5 Å². The molecule has 0 bridgehead atoms. The molecule has 1 atom stereocenters. The van der Waals surface area contributed by atoms with Gasteiger partial charge in [0.2, 0.25) is 5.88 Å². The van der Waals surface area contributed by atoms with E-state index in [1.165, 1.54) is 19.0 Å². The molecule has 1 unspecified atom stereocenters. The fourth-order valence-electron chi connectivity index (χ4n) is 2.41. The quantitative estimate of drug-likeness (QED) is 0.802. The summed E-state index contributed by atoms with van der Waals surface area (Å²) in [4.78, 5) is 16.4. The molecule has 5 heteroatoms. The molecule has 0 saturated heterocycles. The molecule has 0 radical (unpaired) electrons. The second kappa shape index (κ2) is 5.64. The molecular formula is C16H22N2O3. The normalized spacial score (nSPS) is 20.7. The van der Waals surface area contributed by atoms with Gasteiger partial charge >= 0.3 is 0 Å². The molecule has 5 nitrogen and oxygen atoms in total. The molecule has 2 aliphatic rings. The second-order valence-corrected chi connectivity index (χ2v) is 6.44. The summed E-state index contributed by atoms with van der Waals surface area (Å²) in [6.07, 6.45) is 6.12. The lowest BCUT2D eigenvalue weighted by Gasteiger charge is -2.28. The van der Waals surface area contributed by atoms with Crippen LogP contribution in [-0.4, -0.2) is 34.8 Å². The zero-order valence-electron chi connectivity index (χ0n) is 12.3. The summed E-state index contributed by atoms with van der Waals surface area (Å²) in [5.74, 6) is 1.42. The molecule has 0 spiro atoms. The highest BCUT2D eigenvalue weighted by molar-refractivity contribution is 5.94. The van der Waals surface area contributed by atoms with Crippen LogP contribution in [0.3, 0.4) is 0 Å². The second-order valence-electron chi connectivity index (χ2n) is 6.44. The van der Waals surface area contributed by atoms with Crippen molar-refractivity contribution in [2.75, 3.05) is 13.2 Å². The van der Waals surface area contributed by atoms with E-state index in [1.807, 2.05) is 6.92 Å². The first-order chi connectivity index (χ1) is 10.1. The van der Waals surface area contributed by atoms with Gasteiger partial charge in [0.15, 0.2) is 0 Å². The number of rotatable bonds is 7. The molecule has 21 heavy (non-hydrogen) atoms. The van der Waals surface area contributed by atoms with Crippen molar-refractivity contribution in [3.63, 3.8) is 0 Å². The Morgan fingerprint density at radius 2 is 2.19 bits per heavy atom. The number of amides is 1. The molecule has 0 aliphatic heterocycles. The molecule has 1 aromatic heterocycles. The number of ether oxygens (including phenoxy) is 1. The van der Waals surface area contributed by atoms with Crippen molar-refractivity contribution in [1.29, 1.82) is 0 Å². The molecule has 2 fully saturated rings. The van der Waals surface area contributed by atoms with Crippen molar-refractivity contribution in [2.45, 2.75) is 38.1 Å². The van der Waals surface area contributed by atoms with Gasteiger partial charge in [-0.2, -0.15) is 0 Å². The van der Waals surface area contributed by atoms with E-state index in [0.29, 0.717) is 29.9 Å². The van der Waals surface area contributed by atoms with Gasteiger partial charge < -0.3 is 15.2 Å². The highest BCUT2D eigenvalue weighted by Crippen LogP contribution is 2.39. The number of aromatic nitrogens is 1. The van der Waals surface area contributed by atoms with Gasteiger partial charge in [0.1, 0.15) is 0 Å². The van der Waals surface area contributed by atoms with E-state index in [0.717, 1.165) is 12.8 Å². The van der Waals surface area contributed by atoms with Crippen LogP contribution in [0.15, 0.2) is 18.3 Å². The Labute approximate surface area is 124 Å². The van der Waals surface area contributed by atoms with Gasteiger partial charge in [0.25, 0.3) is 5.91 Å². The van der Waals surface area contributed by atoms with E-state index in [9.17, 15) is 9.90 Å².